The topological polar surface area (TPSA) is 34.0 Å². The predicted octanol–water partition coefficient (Wildman–Crippen LogP) is 6.03. The number of amides is 1. The number of fused-ring (bicyclic) bond motifs is 1. The van der Waals surface area contributed by atoms with Crippen LogP contribution < -0.4 is 5.32 Å². The second kappa shape index (κ2) is 10.3. The van der Waals surface area contributed by atoms with Crippen LogP contribution in [0.4, 0.5) is 0 Å². The van der Waals surface area contributed by atoms with E-state index >= 15 is 0 Å². The first-order chi connectivity index (χ1) is 15.6. The van der Waals surface area contributed by atoms with Crippen LogP contribution in [0.15, 0.2) is 91.1 Å². The molecule has 3 aromatic carbocycles. The van der Waals surface area contributed by atoms with Gasteiger partial charge in [-0.3, -0.25) is 4.79 Å². The molecule has 0 aliphatic carbocycles. The number of hydrogen-bond donors (Lipinski definition) is 1. The lowest BCUT2D eigenvalue weighted by atomic mass is 9.88. The van der Waals surface area contributed by atoms with Gasteiger partial charge in [0.25, 0.3) is 0 Å². The van der Waals surface area contributed by atoms with E-state index in [1.165, 1.54) is 27.6 Å². The van der Waals surface area contributed by atoms with Crippen LogP contribution in [0.5, 0.6) is 0 Å². The van der Waals surface area contributed by atoms with Gasteiger partial charge in [-0.05, 0) is 54.9 Å². The highest BCUT2D eigenvalue weighted by Crippen LogP contribution is 2.32. The minimum Gasteiger partial charge on any atom is -0.354 e. The first-order valence-corrected chi connectivity index (χ1v) is 11.5. The van der Waals surface area contributed by atoms with E-state index < -0.39 is 0 Å². The Morgan fingerprint density at radius 1 is 0.875 bits per heavy atom. The average Bonchev–Trinajstić information content (AvgIpc) is 3.15. The Morgan fingerprint density at radius 3 is 2.22 bits per heavy atom. The second-order valence-corrected chi connectivity index (χ2v) is 8.80. The highest BCUT2D eigenvalue weighted by atomic mass is 16.1. The van der Waals surface area contributed by atoms with Crippen molar-refractivity contribution in [3.05, 3.63) is 108 Å². The molecule has 1 N–H and O–H groups in total. The van der Waals surface area contributed by atoms with Gasteiger partial charge in [-0.25, -0.2) is 0 Å². The van der Waals surface area contributed by atoms with E-state index in [2.05, 4.69) is 103 Å². The molecule has 2 unspecified atom stereocenters. The van der Waals surface area contributed by atoms with Crippen molar-refractivity contribution in [2.24, 2.45) is 7.05 Å². The summed E-state index contributed by atoms with van der Waals surface area (Å²) in [5.74, 6) is 0.254. The summed E-state index contributed by atoms with van der Waals surface area (Å²) in [6, 6.07) is 29.5. The minimum absolute atomic E-state index is 0.124. The number of rotatable bonds is 9. The molecule has 0 bridgehead atoms. The van der Waals surface area contributed by atoms with Gasteiger partial charge in [0.15, 0.2) is 0 Å². The highest BCUT2D eigenvalue weighted by Gasteiger charge is 2.21. The molecule has 0 aliphatic heterocycles. The van der Waals surface area contributed by atoms with Crippen LogP contribution in [0.25, 0.3) is 10.9 Å². The van der Waals surface area contributed by atoms with Crippen LogP contribution in [0, 0.1) is 0 Å². The smallest absolute Gasteiger partial charge is 0.220 e. The van der Waals surface area contributed by atoms with E-state index in [0.29, 0.717) is 6.42 Å². The summed E-state index contributed by atoms with van der Waals surface area (Å²) in [6.07, 6.45) is 5.44. The Labute approximate surface area is 191 Å². The van der Waals surface area contributed by atoms with Crippen LogP contribution >= 0.6 is 0 Å². The van der Waals surface area contributed by atoms with Crippen molar-refractivity contribution in [2.75, 3.05) is 0 Å². The molecular formula is C29H32N2O. The molecular weight excluding hydrogens is 392 g/mol. The van der Waals surface area contributed by atoms with Crippen LogP contribution in [0.2, 0.25) is 0 Å². The maximum atomic E-state index is 13.1. The molecule has 0 aliphatic rings. The fourth-order valence-corrected chi connectivity index (χ4v) is 4.55. The summed E-state index contributed by atoms with van der Waals surface area (Å²) in [5.41, 5.74) is 5.03. The van der Waals surface area contributed by atoms with Crippen molar-refractivity contribution < 1.29 is 4.79 Å². The second-order valence-electron chi connectivity index (χ2n) is 8.80. The van der Waals surface area contributed by atoms with Crippen molar-refractivity contribution in [1.29, 1.82) is 0 Å². The lowest BCUT2D eigenvalue weighted by Gasteiger charge is -2.19. The number of aryl methyl sites for hydroxylation is 2. The summed E-state index contributed by atoms with van der Waals surface area (Å²) >= 11 is 0. The number of carbonyl (C=O) groups is 1. The van der Waals surface area contributed by atoms with Gasteiger partial charge in [-0.1, -0.05) is 78.9 Å². The van der Waals surface area contributed by atoms with Crippen molar-refractivity contribution in [3.8, 4) is 0 Å². The maximum absolute atomic E-state index is 13.1. The normalized spacial score (nSPS) is 13.1. The third kappa shape index (κ3) is 5.47. The van der Waals surface area contributed by atoms with Crippen LogP contribution in [0.1, 0.15) is 42.4 Å². The minimum atomic E-state index is 0.124. The molecule has 0 saturated carbocycles. The molecule has 0 spiro atoms. The van der Waals surface area contributed by atoms with Gasteiger partial charge in [0.1, 0.15) is 0 Å². The lowest BCUT2D eigenvalue weighted by Crippen LogP contribution is -2.34. The fourth-order valence-electron chi connectivity index (χ4n) is 4.55. The third-order valence-electron chi connectivity index (χ3n) is 6.24. The number of carbonyl (C=O) groups excluding carboxylic acids is 1. The summed E-state index contributed by atoms with van der Waals surface area (Å²) in [4.78, 5) is 13.1. The van der Waals surface area contributed by atoms with E-state index in [-0.39, 0.29) is 17.9 Å². The van der Waals surface area contributed by atoms with E-state index in [0.717, 1.165) is 19.3 Å². The van der Waals surface area contributed by atoms with Crippen LogP contribution in [-0.4, -0.2) is 16.5 Å². The van der Waals surface area contributed by atoms with Gasteiger partial charge in [-0.2, -0.15) is 0 Å². The maximum Gasteiger partial charge on any atom is 0.220 e. The summed E-state index contributed by atoms with van der Waals surface area (Å²) in [5, 5.41) is 4.48. The number of nitrogens with one attached hydrogen (secondary N) is 1. The van der Waals surface area contributed by atoms with Gasteiger partial charge in [0, 0.05) is 36.6 Å². The zero-order valence-electron chi connectivity index (χ0n) is 19.0. The summed E-state index contributed by atoms with van der Waals surface area (Å²) in [6.45, 7) is 2.10. The van der Waals surface area contributed by atoms with Gasteiger partial charge in [-0.15, -0.1) is 0 Å². The Morgan fingerprint density at radius 2 is 1.50 bits per heavy atom. The highest BCUT2D eigenvalue weighted by molar-refractivity contribution is 5.86. The third-order valence-corrected chi connectivity index (χ3v) is 6.24. The number of nitrogens with zero attached hydrogens (tertiary/aromatic N) is 1. The van der Waals surface area contributed by atoms with E-state index in [9.17, 15) is 4.79 Å². The largest absolute Gasteiger partial charge is 0.354 e. The zero-order valence-corrected chi connectivity index (χ0v) is 19.0. The molecule has 0 radical (unpaired) electrons. The molecule has 3 nitrogen and oxygen atoms in total. The van der Waals surface area contributed by atoms with Gasteiger partial charge in [0.2, 0.25) is 5.91 Å². The Kier molecular flexibility index (Phi) is 7.06. The average molecular weight is 425 g/mol. The molecule has 164 valence electrons. The molecule has 1 heterocycles. The molecule has 1 amide bonds. The van der Waals surface area contributed by atoms with Gasteiger partial charge >= 0.3 is 0 Å². The molecule has 1 aromatic heterocycles. The summed E-state index contributed by atoms with van der Waals surface area (Å²) in [7, 11) is 2.08. The molecule has 0 saturated heterocycles. The van der Waals surface area contributed by atoms with Crippen molar-refractivity contribution in [1.82, 2.24) is 9.88 Å². The van der Waals surface area contributed by atoms with Crippen LogP contribution in [0.3, 0.4) is 0 Å². The molecule has 3 heteroatoms. The molecule has 2 atom stereocenters. The number of benzene rings is 3. The van der Waals surface area contributed by atoms with E-state index in [1.807, 2.05) is 12.1 Å². The quantitative estimate of drug-likeness (QED) is 0.350. The number of para-hydroxylation sites is 1. The number of aromatic nitrogens is 1. The van der Waals surface area contributed by atoms with Crippen molar-refractivity contribution in [3.63, 3.8) is 0 Å². The molecule has 32 heavy (non-hydrogen) atoms. The monoisotopic (exact) mass is 424 g/mol. The zero-order chi connectivity index (χ0) is 22.3. The molecule has 4 aromatic rings. The standard InChI is InChI=1S/C29H32N2O/c1-22(17-18-23-11-5-3-6-12-23)30-29(32)20-25(19-24-13-7-4-8-14-24)27-21-31(2)28-16-10-9-15-26(27)28/h3-16,21-22,25H,17-20H2,1-2H3,(H,30,32). The molecule has 4 rings (SSSR count). The Balaban J connectivity index is 1.48. The Bertz CT molecular complexity index is 1150. The number of hydrogen-bond acceptors (Lipinski definition) is 1. The summed E-state index contributed by atoms with van der Waals surface area (Å²) < 4.78 is 2.17. The van der Waals surface area contributed by atoms with Crippen molar-refractivity contribution >= 4 is 16.8 Å². The van der Waals surface area contributed by atoms with Gasteiger partial charge < -0.3 is 9.88 Å². The Hall–Kier alpha value is -3.33. The van der Waals surface area contributed by atoms with E-state index in [4.69, 9.17) is 0 Å². The van der Waals surface area contributed by atoms with Crippen molar-refractivity contribution in [2.45, 2.75) is 44.6 Å². The first-order valence-electron chi connectivity index (χ1n) is 11.5. The lowest BCUT2D eigenvalue weighted by molar-refractivity contribution is -0.122. The predicted molar refractivity (Wildman–Crippen MR) is 133 cm³/mol. The fraction of sp³-hybridized carbons (Fsp3) is 0.276. The first kappa shape index (κ1) is 21.9. The SMILES string of the molecule is CC(CCc1ccccc1)NC(=O)CC(Cc1ccccc1)c1cn(C)c2ccccc12. The molecule has 0 fully saturated rings. The van der Waals surface area contributed by atoms with Crippen LogP contribution in [-0.2, 0) is 24.7 Å². The van der Waals surface area contributed by atoms with E-state index in [1.54, 1.807) is 0 Å². The van der Waals surface area contributed by atoms with Gasteiger partial charge in [0.05, 0.1) is 0 Å².